The van der Waals surface area contributed by atoms with Crippen LogP contribution in [0.25, 0.3) is 10.6 Å². The lowest BCUT2D eigenvalue weighted by molar-refractivity contribution is -0.170. The first-order chi connectivity index (χ1) is 9.84. The fourth-order valence-electron chi connectivity index (χ4n) is 1.73. The van der Waals surface area contributed by atoms with Gasteiger partial charge in [0.2, 0.25) is 0 Å². The summed E-state index contributed by atoms with van der Waals surface area (Å²) in [6.07, 6.45) is -1.30. The third-order valence-electron chi connectivity index (χ3n) is 2.77. The molecule has 0 bridgehead atoms. The molecule has 0 radical (unpaired) electrons. The molecule has 0 aliphatic rings. The second-order valence-electron chi connectivity index (χ2n) is 4.23. The van der Waals surface area contributed by atoms with E-state index in [4.69, 9.17) is 0 Å². The highest BCUT2D eigenvalue weighted by Gasteiger charge is 2.42. The fraction of sp³-hybridized carbons (Fsp3) is 0.308. The summed E-state index contributed by atoms with van der Waals surface area (Å²) in [6, 6.07) is 3.48. The summed E-state index contributed by atoms with van der Waals surface area (Å²) in [7, 11) is 1.11. The molecule has 21 heavy (non-hydrogen) atoms. The van der Waals surface area contributed by atoms with Gasteiger partial charge in [-0.3, -0.25) is 14.7 Å². The lowest BCUT2D eigenvalue weighted by atomic mass is 10.3. The van der Waals surface area contributed by atoms with E-state index in [-0.39, 0.29) is 5.00 Å². The zero-order valence-corrected chi connectivity index (χ0v) is 12.1. The van der Waals surface area contributed by atoms with Crippen molar-refractivity contribution in [3.63, 3.8) is 0 Å². The SMILES string of the molecule is CCc1nc(-c2cccnc2)sc1N(C)C(=O)C(F)(F)F. The van der Waals surface area contributed by atoms with Crippen LogP contribution in [0.15, 0.2) is 24.5 Å². The van der Waals surface area contributed by atoms with Crippen LogP contribution in [0.2, 0.25) is 0 Å². The highest BCUT2D eigenvalue weighted by molar-refractivity contribution is 7.19. The van der Waals surface area contributed by atoms with Crippen molar-refractivity contribution >= 4 is 22.2 Å². The summed E-state index contributed by atoms with van der Waals surface area (Å²) in [4.78, 5) is 20.2. The number of alkyl halides is 3. The number of thiazole rings is 1. The lowest BCUT2D eigenvalue weighted by Crippen LogP contribution is -2.38. The van der Waals surface area contributed by atoms with Crippen molar-refractivity contribution in [2.24, 2.45) is 0 Å². The zero-order chi connectivity index (χ0) is 15.6. The zero-order valence-electron chi connectivity index (χ0n) is 11.3. The third kappa shape index (κ3) is 3.21. The lowest BCUT2D eigenvalue weighted by Gasteiger charge is -2.17. The minimum atomic E-state index is -4.90. The van der Waals surface area contributed by atoms with E-state index in [9.17, 15) is 18.0 Å². The maximum Gasteiger partial charge on any atom is 0.471 e. The molecule has 0 fully saturated rings. The quantitative estimate of drug-likeness (QED) is 0.873. The van der Waals surface area contributed by atoms with Gasteiger partial charge in [0.15, 0.2) is 0 Å². The number of anilines is 1. The Morgan fingerprint density at radius 1 is 1.43 bits per heavy atom. The van der Waals surface area contributed by atoms with Gasteiger partial charge in [-0.05, 0) is 18.6 Å². The first-order valence-corrected chi connectivity index (χ1v) is 6.91. The summed E-state index contributed by atoms with van der Waals surface area (Å²) >= 11 is 1.04. The predicted octanol–water partition coefficient (Wildman–Crippen LogP) is 3.29. The van der Waals surface area contributed by atoms with Gasteiger partial charge >= 0.3 is 12.1 Å². The van der Waals surface area contributed by atoms with Crippen LogP contribution in [0.4, 0.5) is 18.2 Å². The summed E-state index contributed by atoms with van der Waals surface area (Å²) in [5.74, 6) is -1.90. The Labute approximate surface area is 123 Å². The summed E-state index contributed by atoms with van der Waals surface area (Å²) < 4.78 is 37.6. The molecule has 4 nitrogen and oxygen atoms in total. The minimum absolute atomic E-state index is 0.207. The smallest absolute Gasteiger partial charge is 0.297 e. The number of amides is 1. The number of rotatable bonds is 3. The number of hydrogen-bond donors (Lipinski definition) is 0. The van der Waals surface area contributed by atoms with Crippen LogP contribution in [0.5, 0.6) is 0 Å². The Bertz CT molecular complexity index is 640. The van der Waals surface area contributed by atoms with Crippen molar-refractivity contribution in [2.45, 2.75) is 19.5 Å². The van der Waals surface area contributed by atoms with Crippen molar-refractivity contribution in [3.8, 4) is 10.6 Å². The number of hydrogen-bond acceptors (Lipinski definition) is 4. The Kier molecular flexibility index (Phi) is 4.26. The van der Waals surface area contributed by atoms with Gasteiger partial charge < -0.3 is 0 Å². The van der Waals surface area contributed by atoms with E-state index in [1.165, 1.54) is 0 Å². The molecule has 2 rings (SSSR count). The molecule has 0 aliphatic carbocycles. The van der Waals surface area contributed by atoms with Gasteiger partial charge in [-0.15, -0.1) is 0 Å². The first-order valence-electron chi connectivity index (χ1n) is 6.09. The molecule has 2 heterocycles. The van der Waals surface area contributed by atoms with E-state index in [0.29, 0.717) is 27.6 Å². The molecule has 8 heteroatoms. The van der Waals surface area contributed by atoms with Crippen molar-refractivity contribution in [2.75, 3.05) is 11.9 Å². The highest BCUT2D eigenvalue weighted by atomic mass is 32.1. The van der Waals surface area contributed by atoms with E-state index in [1.54, 1.807) is 31.5 Å². The number of pyridine rings is 1. The molecule has 0 N–H and O–H groups in total. The molecule has 2 aromatic rings. The highest BCUT2D eigenvalue weighted by Crippen LogP contribution is 2.35. The van der Waals surface area contributed by atoms with E-state index < -0.39 is 12.1 Å². The Morgan fingerprint density at radius 3 is 2.67 bits per heavy atom. The second-order valence-corrected chi connectivity index (χ2v) is 5.21. The molecule has 1 amide bonds. The number of nitrogens with zero attached hydrogens (tertiary/aromatic N) is 3. The maximum absolute atomic E-state index is 12.5. The van der Waals surface area contributed by atoms with Gasteiger partial charge in [0.1, 0.15) is 10.0 Å². The van der Waals surface area contributed by atoms with E-state index in [2.05, 4.69) is 9.97 Å². The molecule has 0 saturated carbocycles. The molecule has 0 atom stereocenters. The van der Waals surface area contributed by atoms with Gasteiger partial charge in [-0.1, -0.05) is 18.3 Å². The third-order valence-corrected chi connectivity index (χ3v) is 4.00. The van der Waals surface area contributed by atoms with Crippen molar-refractivity contribution in [1.82, 2.24) is 9.97 Å². The van der Waals surface area contributed by atoms with E-state index in [1.807, 2.05) is 0 Å². The molecule has 112 valence electrons. The normalized spacial score (nSPS) is 11.5. The van der Waals surface area contributed by atoms with Crippen molar-refractivity contribution < 1.29 is 18.0 Å². The largest absolute Gasteiger partial charge is 0.471 e. The molecule has 2 aromatic heterocycles. The summed E-state index contributed by atoms with van der Waals surface area (Å²) in [5, 5.41) is 0.746. The Morgan fingerprint density at radius 2 is 2.14 bits per heavy atom. The van der Waals surface area contributed by atoms with Crippen LogP contribution in [0.1, 0.15) is 12.6 Å². The van der Waals surface area contributed by atoms with E-state index >= 15 is 0 Å². The summed E-state index contributed by atoms with van der Waals surface area (Å²) in [5.41, 5.74) is 1.16. The van der Waals surface area contributed by atoms with Crippen LogP contribution in [-0.4, -0.2) is 29.1 Å². The fourth-order valence-corrected chi connectivity index (χ4v) is 2.84. The van der Waals surface area contributed by atoms with Crippen molar-refractivity contribution in [3.05, 3.63) is 30.2 Å². The number of carbonyl (C=O) groups excluding carboxylic acids is 1. The molecule has 0 spiro atoms. The predicted molar refractivity (Wildman–Crippen MR) is 74.2 cm³/mol. The van der Waals surface area contributed by atoms with Gasteiger partial charge in [-0.2, -0.15) is 13.2 Å². The first kappa shape index (κ1) is 15.4. The number of aryl methyl sites for hydroxylation is 1. The minimum Gasteiger partial charge on any atom is -0.297 e. The second kappa shape index (κ2) is 5.80. The van der Waals surface area contributed by atoms with Gasteiger partial charge in [0.25, 0.3) is 0 Å². The number of carbonyl (C=O) groups is 1. The van der Waals surface area contributed by atoms with Crippen LogP contribution < -0.4 is 4.90 Å². The molecule has 0 saturated heterocycles. The Balaban J connectivity index is 2.41. The van der Waals surface area contributed by atoms with Crippen LogP contribution in [0, 0.1) is 0 Å². The van der Waals surface area contributed by atoms with Gasteiger partial charge in [0.05, 0.1) is 5.69 Å². The topological polar surface area (TPSA) is 46.1 Å². The molecule has 0 aliphatic heterocycles. The molecule has 0 unspecified atom stereocenters. The Hall–Kier alpha value is -1.96. The van der Waals surface area contributed by atoms with Crippen LogP contribution in [0.3, 0.4) is 0 Å². The average Bonchev–Trinajstić information content (AvgIpc) is 2.90. The number of aromatic nitrogens is 2. The molecular weight excluding hydrogens is 303 g/mol. The monoisotopic (exact) mass is 315 g/mol. The molecular formula is C13H12F3N3OS. The van der Waals surface area contributed by atoms with Gasteiger partial charge in [-0.25, -0.2) is 4.98 Å². The summed E-state index contributed by atoms with van der Waals surface area (Å²) in [6.45, 7) is 1.78. The van der Waals surface area contributed by atoms with Crippen LogP contribution in [-0.2, 0) is 11.2 Å². The van der Waals surface area contributed by atoms with Gasteiger partial charge in [0, 0.05) is 25.0 Å². The van der Waals surface area contributed by atoms with E-state index in [0.717, 1.165) is 18.4 Å². The maximum atomic E-state index is 12.5. The standard InChI is InChI=1S/C13H12F3N3OS/c1-3-9-11(19(2)12(20)13(14,15)16)21-10(18-9)8-5-4-6-17-7-8/h4-7H,3H2,1-2H3. The molecule has 0 aromatic carbocycles. The average molecular weight is 315 g/mol. The number of halogens is 3. The van der Waals surface area contributed by atoms with Crippen LogP contribution >= 0.6 is 11.3 Å². The van der Waals surface area contributed by atoms with Crippen molar-refractivity contribution in [1.29, 1.82) is 0 Å².